The molecule has 0 aliphatic carbocycles. The maximum atomic E-state index is 12.8. The van der Waals surface area contributed by atoms with Gasteiger partial charge >= 0.3 is 12.4 Å². The molecule has 1 unspecified atom stereocenters. The van der Waals surface area contributed by atoms with Gasteiger partial charge in [0.25, 0.3) is 0 Å². The van der Waals surface area contributed by atoms with Crippen LogP contribution in [-0.2, 0) is 6.18 Å². The van der Waals surface area contributed by atoms with E-state index in [0.29, 0.717) is 0 Å². The monoisotopic (exact) mass is 300 g/mol. The van der Waals surface area contributed by atoms with Crippen molar-refractivity contribution in [2.45, 2.75) is 38.2 Å². The van der Waals surface area contributed by atoms with Gasteiger partial charge in [0.1, 0.15) is 0 Å². The van der Waals surface area contributed by atoms with Gasteiger partial charge in [0.15, 0.2) is 0 Å². The summed E-state index contributed by atoms with van der Waals surface area (Å²) in [7, 11) is 0. The molecule has 1 rings (SSSR count). The van der Waals surface area contributed by atoms with Crippen LogP contribution in [-0.4, -0.2) is 17.7 Å². The topological polar surface area (TPSA) is 24.9 Å². The maximum Gasteiger partial charge on any atom is 0.416 e. The first-order chi connectivity index (χ1) is 9.15. The summed E-state index contributed by atoms with van der Waals surface area (Å²) in [5.74, 6) is 0. The molecule has 0 aliphatic rings. The van der Waals surface area contributed by atoms with E-state index >= 15 is 0 Å². The number of pyridine rings is 1. The average molecular weight is 300 g/mol. The van der Waals surface area contributed by atoms with Crippen molar-refractivity contribution in [2.75, 3.05) is 6.54 Å². The van der Waals surface area contributed by atoms with E-state index in [2.05, 4.69) is 10.3 Å². The highest BCUT2D eigenvalue weighted by atomic mass is 19.4. The van der Waals surface area contributed by atoms with Gasteiger partial charge in [0.2, 0.25) is 0 Å². The largest absolute Gasteiger partial charge is 0.416 e. The summed E-state index contributed by atoms with van der Waals surface area (Å²) in [5, 5.41) is 2.64. The summed E-state index contributed by atoms with van der Waals surface area (Å²) in [6.07, 6.45) is -8.72. The number of aromatic nitrogens is 1. The Kier molecular flexibility index (Phi) is 5.38. The van der Waals surface area contributed by atoms with Crippen molar-refractivity contribution in [3.63, 3.8) is 0 Å². The van der Waals surface area contributed by atoms with Crippen molar-refractivity contribution in [1.82, 2.24) is 10.3 Å². The molecule has 0 fully saturated rings. The van der Waals surface area contributed by atoms with Crippen LogP contribution in [0.3, 0.4) is 0 Å². The van der Waals surface area contributed by atoms with Gasteiger partial charge < -0.3 is 5.32 Å². The molecule has 0 aliphatic heterocycles. The normalized spacial score (nSPS) is 14.3. The fourth-order valence-corrected chi connectivity index (χ4v) is 1.86. The molecule has 0 spiro atoms. The summed E-state index contributed by atoms with van der Waals surface area (Å²) in [5.41, 5.74) is -1.22. The minimum absolute atomic E-state index is 0.258. The lowest BCUT2D eigenvalue weighted by atomic mass is 9.98. The van der Waals surface area contributed by atoms with Gasteiger partial charge in [-0.25, -0.2) is 0 Å². The number of nitrogens with one attached hydrogen (secondary N) is 1. The molecular weight excluding hydrogens is 286 g/mol. The third kappa shape index (κ3) is 4.99. The molecule has 0 bridgehead atoms. The lowest BCUT2D eigenvalue weighted by Crippen LogP contribution is -2.26. The third-order valence-corrected chi connectivity index (χ3v) is 2.70. The highest BCUT2D eigenvalue weighted by Crippen LogP contribution is 2.36. The second kappa shape index (κ2) is 6.43. The Morgan fingerprint density at radius 3 is 2.35 bits per heavy atom. The van der Waals surface area contributed by atoms with Crippen LogP contribution in [0, 0.1) is 0 Å². The van der Waals surface area contributed by atoms with Crippen LogP contribution in [0.1, 0.15) is 36.9 Å². The first-order valence-electron chi connectivity index (χ1n) is 5.96. The third-order valence-electron chi connectivity index (χ3n) is 2.70. The number of hydrogen-bond acceptors (Lipinski definition) is 2. The summed E-state index contributed by atoms with van der Waals surface area (Å²) in [4.78, 5) is 3.59. The van der Waals surface area contributed by atoms with E-state index in [1.807, 2.05) is 0 Å². The zero-order valence-corrected chi connectivity index (χ0v) is 10.6. The SMILES string of the molecule is CCNC(CCC(F)(F)F)c1cnccc1C(F)(F)F. The van der Waals surface area contributed by atoms with Crippen molar-refractivity contribution >= 4 is 0 Å². The van der Waals surface area contributed by atoms with Gasteiger partial charge in [-0.15, -0.1) is 0 Å². The highest BCUT2D eigenvalue weighted by molar-refractivity contribution is 5.29. The fourth-order valence-electron chi connectivity index (χ4n) is 1.86. The van der Waals surface area contributed by atoms with Crippen LogP contribution in [0.25, 0.3) is 0 Å². The van der Waals surface area contributed by atoms with Crippen LogP contribution < -0.4 is 5.32 Å². The van der Waals surface area contributed by atoms with E-state index in [0.717, 1.165) is 18.5 Å². The molecule has 0 saturated heterocycles. The molecule has 114 valence electrons. The standard InChI is InChI=1S/C12H14F6N2/c1-2-20-10(3-5-11(13,14)15)8-7-19-6-4-9(8)12(16,17)18/h4,6-7,10,20H,2-3,5H2,1H3. The van der Waals surface area contributed by atoms with E-state index in [-0.39, 0.29) is 12.1 Å². The molecule has 1 N–H and O–H groups in total. The zero-order chi connectivity index (χ0) is 15.4. The van der Waals surface area contributed by atoms with Crippen LogP contribution in [0.4, 0.5) is 26.3 Å². The molecule has 1 atom stereocenters. The van der Waals surface area contributed by atoms with Crippen molar-refractivity contribution in [3.05, 3.63) is 29.6 Å². The fraction of sp³-hybridized carbons (Fsp3) is 0.583. The zero-order valence-electron chi connectivity index (χ0n) is 10.6. The predicted molar refractivity (Wildman–Crippen MR) is 60.9 cm³/mol. The summed E-state index contributed by atoms with van der Waals surface area (Å²) in [6, 6.07) is -0.264. The maximum absolute atomic E-state index is 12.8. The van der Waals surface area contributed by atoms with Gasteiger partial charge in [-0.1, -0.05) is 6.92 Å². The summed E-state index contributed by atoms with van der Waals surface area (Å²) >= 11 is 0. The Bertz CT molecular complexity index is 427. The lowest BCUT2D eigenvalue weighted by molar-refractivity contribution is -0.139. The molecule has 1 heterocycles. The molecule has 0 saturated carbocycles. The second-order valence-corrected chi connectivity index (χ2v) is 4.22. The van der Waals surface area contributed by atoms with Gasteiger partial charge in [0, 0.05) is 24.9 Å². The lowest BCUT2D eigenvalue weighted by Gasteiger charge is -2.22. The minimum atomic E-state index is -4.62. The van der Waals surface area contributed by atoms with E-state index in [9.17, 15) is 26.3 Å². The van der Waals surface area contributed by atoms with E-state index in [1.165, 1.54) is 0 Å². The number of halogens is 6. The van der Waals surface area contributed by atoms with E-state index in [1.54, 1.807) is 6.92 Å². The Morgan fingerprint density at radius 2 is 1.85 bits per heavy atom. The number of rotatable bonds is 5. The average Bonchev–Trinajstić information content (AvgIpc) is 2.32. The molecule has 8 heteroatoms. The molecule has 0 radical (unpaired) electrons. The van der Waals surface area contributed by atoms with Crippen molar-refractivity contribution in [2.24, 2.45) is 0 Å². The number of alkyl halides is 6. The summed E-state index contributed by atoms with van der Waals surface area (Å²) < 4.78 is 75.3. The Morgan fingerprint density at radius 1 is 1.20 bits per heavy atom. The quantitative estimate of drug-likeness (QED) is 0.828. The van der Waals surface area contributed by atoms with Crippen LogP contribution in [0.2, 0.25) is 0 Å². The van der Waals surface area contributed by atoms with Gasteiger partial charge in [0.05, 0.1) is 5.56 Å². The van der Waals surface area contributed by atoms with Crippen molar-refractivity contribution in [3.8, 4) is 0 Å². The Labute approximate surface area is 112 Å². The van der Waals surface area contributed by atoms with Crippen molar-refractivity contribution < 1.29 is 26.3 Å². The van der Waals surface area contributed by atoms with Gasteiger partial charge in [-0.3, -0.25) is 4.98 Å². The molecule has 1 aromatic rings. The first kappa shape index (κ1) is 16.7. The molecule has 0 amide bonds. The summed E-state index contributed by atoms with van der Waals surface area (Å²) in [6.45, 7) is 1.87. The predicted octanol–water partition coefficient (Wildman–Crippen LogP) is 4.09. The number of nitrogens with zero attached hydrogens (tertiary/aromatic N) is 1. The molecular formula is C12H14F6N2. The molecule has 0 aromatic carbocycles. The van der Waals surface area contributed by atoms with Crippen LogP contribution >= 0.6 is 0 Å². The smallest absolute Gasteiger partial charge is 0.310 e. The van der Waals surface area contributed by atoms with E-state index < -0.39 is 36.8 Å². The second-order valence-electron chi connectivity index (χ2n) is 4.22. The minimum Gasteiger partial charge on any atom is -0.310 e. The first-order valence-corrected chi connectivity index (χ1v) is 5.96. The van der Waals surface area contributed by atoms with E-state index in [4.69, 9.17) is 0 Å². The number of hydrogen-bond donors (Lipinski definition) is 1. The Balaban J connectivity index is 3.03. The highest BCUT2D eigenvalue weighted by Gasteiger charge is 2.36. The molecule has 20 heavy (non-hydrogen) atoms. The van der Waals surface area contributed by atoms with Crippen LogP contribution in [0.15, 0.2) is 18.5 Å². The van der Waals surface area contributed by atoms with Gasteiger partial charge in [-0.05, 0) is 24.6 Å². The Hall–Kier alpha value is -1.31. The van der Waals surface area contributed by atoms with Crippen molar-refractivity contribution in [1.29, 1.82) is 0 Å². The molecule has 1 aromatic heterocycles. The van der Waals surface area contributed by atoms with Gasteiger partial charge in [-0.2, -0.15) is 26.3 Å². The van der Waals surface area contributed by atoms with Crippen LogP contribution in [0.5, 0.6) is 0 Å². The molecule has 2 nitrogen and oxygen atoms in total.